The molecule has 3 heterocycles. The van der Waals surface area contributed by atoms with Crippen molar-refractivity contribution < 1.29 is 28.3 Å². The van der Waals surface area contributed by atoms with E-state index >= 15 is 4.39 Å². The van der Waals surface area contributed by atoms with E-state index in [0.717, 1.165) is 49.9 Å². The van der Waals surface area contributed by atoms with Gasteiger partial charge in [-0.1, -0.05) is 31.5 Å². The van der Waals surface area contributed by atoms with Gasteiger partial charge in [-0.05, 0) is 30.2 Å². The molecular weight excluding hydrogens is 517 g/mol. The Morgan fingerprint density at radius 2 is 1.93 bits per heavy atom. The number of morpholine rings is 1. The Hall–Kier alpha value is -3.67. The maximum Gasteiger partial charge on any atom is 0.264 e. The summed E-state index contributed by atoms with van der Waals surface area (Å²) in [5.41, 5.74) is 2.00. The lowest BCUT2D eigenvalue weighted by atomic mass is 10.0. The first kappa shape index (κ1) is 27.9. The standard InChI is InChI=1S/C29H34FN5O5/c1-2-4-25(27(37)32-18-36)35-28(38)22-5-3-6-24(26(22)29(35)39)31-14-20-8-7-19(13-23(20)30)15-33-16-21(17-33)34-9-11-40-12-10-34/h3,5-8,13,18,21,25,31H,2,4,9-12,14-17H2,1H3,(H,32,36,37). The van der Waals surface area contributed by atoms with Gasteiger partial charge in [0.2, 0.25) is 12.3 Å². The van der Waals surface area contributed by atoms with Crippen LogP contribution in [0.25, 0.3) is 0 Å². The third-order valence-electron chi connectivity index (χ3n) is 7.82. The van der Waals surface area contributed by atoms with E-state index in [1.54, 1.807) is 24.3 Å². The fourth-order valence-electron chi connectivity index (χ4n) is 5.67. The summed E-state index contributed by atoms with van der Waals surface area (Å²) < 4.78 is 20.5. The Labute approximate surface area is 232 Å². The van der Waals surface area contributed by atoms with Gasteiger partial charge in [0, 0.05) is 56.6 Å². The van der Waals surface area contributed by atoms with Crippen LogP contribution in [0, 0.1) is 5.82 Å². The van der Waals surface area contributed by atoms with Crippen molar-refractivity contribution in [3.8, 4) is 0 Å². The molecule has 0 aromatic heterocycles. The van der Waals surface area contributed by atoms with E-state index in [-0.39, 0.29) is 36.3 Å². The van der Waals surface area contributed by atoms with Gasteiger partial charge in [-0.25, -0.2) is 4.39 Å². The van der Waals surface area contributed by atoms with Crippen LogP contribution < -0.4 is 10.6 Å². The van der Waals surface area contributed by atoms with Crippen molar-refractivity contribution in [1.29, 1.82) is 0 Å². The number of anilines is 1. The maximum absolute atomic E-state index is 15.0. The largest absolute Gasteiger partial charge is 0.380 e. The van der Waals surface area contributed by atoms with Crippen LogP contribution in [0.5, 0.6) is 0 Å². The normalized spacial score (nSPS) is 18.8. The van der Waals surface area contributed by atoms with E-state index in [2.05, 4.69) is 20.4 Å². The van der Waals surface area contributed by atoms with Gasteiger partial charge in [0.15, 0.2) is 0 Å². The first-order valence-electron chi connectivity index (χ1n) is 13.7. The van der Waals surface area contributed by atoms with Crippen LogP contribution >= 0.6 is 0 Å². The molecule has 0 aliphatic carbocycles. The average molecular weight is 552 g/mol. The van der Waals surface area contributed by atoms with Gasteiger partial charge >= 0.3 is 0 Å². The van der Waals surface area contributed by atoms with Gasteiger partial charge in [0.25, 0.3) is 11.8 Å². The minimum Gasteiger partial charge on any atom is -0.380 e. The van der Waals surface area contributed by atoms with Crippen LogP contribution in [-0.4, -0.2) is 90.3 Å². The van der Waals surface area contributed by atoms with Crippen LogP contribution in [0.2, 0.25) is 0 Å². The highest BCUT2D eigenvalue weighted by molar-refractivity contribution is 6.25. The molecular formula is C29H34FN5O5. The number of imide groups is 2. The summed E-state index contributed by atoms with van der Waals surface area (Å²) in [6, 6.07) is 9.43. The zero-order chi connectivity index (χ0) is 28.2. The smallest absolute Gasteiger partial charge is 0.264 e. The van der Waals surface area contributed by atoms with Gasteiger partial charge in [-0.15, -0.1) is 0 Å². The molecule has 10 nitrogen and oxygen atoms in total. The SMILES string of the molecule is CCCC(C(=O)NC=O)N1C(=O)c2cccc(NCc3ccc(CN4CC(N5CCOCC5)C4)cc3F)c2C1=O. The van der Waals surface area contributed by atoms with Crippen molar-refractivity contribution >= 4 is 29.8 Å². The lowest BCUT2D eigenvalue weighted by Gasteiger charge is -2.46. The number of carbonyl (C=O) groups is 4. The molecule has 11 heteroatoms. The van der Waals surface area contributed by atoms with Crippen LogP contribution in [0.3, 0.4) is 0 Å². The van der Waals surface area contributed by atoms with Gasteiger partial charge < -0.3 is 10.1 Å². The number of halogens is 1. The average Bonchev–Trinajstić information content (AvgIpc) is 3.19. The molecule has 2 fully saturated rings. The topological polar surface area (TPSA) is 111 Å². The molecule has 5 rings (SSSR count). The van der Waals surface area contributed by atoms with Crippen molar-refractivity contribution in [2.24, 2.45) is 0 Å². The Morgan fingerprint density at radius 3 is 2.62 bits per heavy atom. The number of benzene rings is 2. The molecule has 2 aromatic carbocycles. The van der Waals surface area contributed by atoms with E-state index in [4.69, 9.17) is 4.74 Å². The predicted molar refractivity (Wildman–Crippen MR) is 145 cm³/mol. The summed E-state index contributed by atoms with van der Waals surface area (Å²) in [7, 11) is 0. The summed E-state index contributed by atoms with van der Waals surface area (Å²) in [5.74, 6) is -2.28. The number of amides is 4. The van der Waals surface area contributed by atoms with E-state index < -0.39 is 23.8 Å². The highest BCUT2D eigenvalue weighted by atomic mass is 19.1. The molecule has 0 bridgehead atoms. The van der Waals surface area contributed by atoms with Crippen LogP contribution in [0.4, 0.5) is 10.1 Å². The molecule has 212 valence electrons. The second-order valence-corrected chi connectivity index (χ2v) is 10.4. The third-order valence-corrected chi connectivity index (χ3v) is 7.82. The monoisotopic (exact) mass is 551 g/mol. The molecule has 2 N–H and O–H groups in total. The molecule has 1 atom stereocenters. The number of likely N-dealkylation sites (tertiary alicyclic amines) is 1. The van der Waals surface area contributed by atoms with E-state index in [1.165, 1.54) is 6.07 Å². The second-order valence-electron chi connectivity index (χ2n) is 10.4. The molecule has 0 saturated carbocycles. The number of fused-ring (bicyclic) bond motifs is 1. The minimum absolute atomic E-state index is 0.108. The van der Waals surface area contributed by atoms with Gasteiger partial charge in [-0.3, -0.25) is 39.2 Å². The molecule has 40 heavy (non-hydrogen) atoms. The minimum atomic E-state index is -1.10. The predicted octanol–water partition coefficient (Wildman–Crippen LogP) is 1.99. The van der Waals surface area contributed by atoms with E-state index in [0.29, 0.717) is 30.3 Å². The summed E-state index contributed by atoms with van der Waals surface area (Å²) in [6.07, 6.45) is 0.982. The zero-order valence-electron chi connectivity index (χ0n) is 22.5. The van der Waals surface area contributed by atoms with Crippen LogP contribution in [-0.2, 0) is 27.4 Å². The number of hydrogen-bond donors (Lipinski definition) is 2. The number of nitrogens with one attached hydrogen (secondary N) is 2. The lowest BCUT2D eigenvalue weighted by Crippen LogP contribution is -2.60. The van der Waals surface area contributed by atoms with Crippen molar-refractivity contribution in [1.82, 2.24) is 20.0 Å². The molecule has 4 amide bonds. The summed E-state index contributed by atoms with van der Waals surface area (Å²) >= 11 is 0. The number of nitrogens with zero attached hydrogens (tertiary/aromatic N) is 3. The van der Waals surface area contributed by atoms with Crippen molar-refractivity contribution in [2.45, 2.75) is 44.9 Å². The third kappa shape index (κ3) is 5.63. The Morgan fingerprint density at radius 1 is 1.15 bits per heavy atom. The van der Waals surface area contributed by atoms with Gasteiger partial charge in [0.1, 0.15) is 11.9 Å². The fraction of sp³-hybridized carbons (Fsp3) is 0.448. The first-order chi connectivity index (χ1) is 19.4. The Bertz CT molecular complexity index is 1290. The molecule has 1 unspecified atom stereocenters. The van der Waals surface area contributed by atoms with Crippen LogP contribution in [0.1, 0.15) is 51.6 Å². The highest BCUT2D eigenvalue weighted by Crippen LogP contribution is 2.32. The van der Waals surface area contributed by atoms with Gasteiger partial charge in [-0.2, -0.15) is 0 Å². The Kier molecular flexibility index (Phi) is 8.53. The molecule has 0 spiro atoms. The molecule has 3 aliphatic heterocycles. The van der Waals surface area contributed by atoms with Crippen molar-refractivity contribution in [3.05, 3.63) is 64.5 Å². The number of rotatable bonds is 11. The Balaban J connectivity index is 1.22. The van der Waals surface area contributed by atoms with E-state index in [1.807, 2.05) is 13.0 Å². The highest BCUT2D eigenvalue weighted by Gasteiger charge is 2.43. The summed E-state index contributed by atoms with van der Waals surface area (Å²) in [4.78, 5) is 55.4. The van der Waals surface area contributed by atoms with Crippen molar-refractivity contribution in [3.63, 3.8) is 0 Å². The van der Waals surface area contributed by atoms with Crippen molar-refractivity contribution in [2.75, 3.05) is 44.7 Å². The van der Waals surface area contributed by atoms with E-state index in [9.17, 15) is 19.2 Å². The number of carbonyl (C=O) groups excluding carboxylic acids is 4. The lowest BCUT2D eigenvalue weighted by molar-refractivity contribution is -0.128. The quantitative estimate of drug-likeness (QED) is 0.322. The number of ether oxygens (including phenoxy) is 1. The second kappa shape index (κ2) is 12.2. The molecule has 2 aromatic rings. The molecule has 3 aliphatic rings. The summed E-state index contributed by atoms with van der Waals surface area (Å²) in [5, 5.41) is 5.15. The van der Waals surface area contributed by atoms with Gasteiger partial charge in [0.05, 0.1) is 24.3 Å². The zero-order valence-corrected chi connectivity index (χ0v) is 22.5. The first-order valence-corrected chi connectivity index (χ1v) is 13.7. The maximum atomic E-state index is 15.0. The number of hydrogen-bond acceptors (Lipinski definition) is 8. The fourth-order valence-corrected chi connectivity index (χ4v) is 5.67. The molecule has 0 radical (unpaired) electrons. The van der Waals surface area contributed by atoms with Crippen LogP contribution in [0.15, 0.2) is 36.4 Å². The molecule has 2 saturated heterocycles. The summed E-state index contributed by atoms with van der Waals surface area (Å²) in [6.45, 7) is 8.02.